The van der Waals surface area contributed by atoms with Crippen LogP contribution in [0.1, 0.15) is 88.8 Å². The number of aryl methyl sites for hydroxylation is 1. The number of nitrogens with one attached hydrogen (secondary N) is 10. The zero-order chi connectivity index (χ0) is 50.4. The van der Waals surface area contributed by atoms with Crippen molar-refractivity contribution in [1.29, 1.82) is 0 Å². The molecule has 3 saturated heterocycles. The summed E-state index contributed by atoms with van der Waals surface area (Å²) < 4.78 is 0. The first kappa shape index (κ1) is 55.8. The topological polar surface area (TPSA) is 279 Å². The number of carbonyl (C=O) groups excluding carboxylic acids is 6. The number of para-hydroxylation sites is 1. The van der Waals surface area contributed by atoms with E-state index < -0.39 is 34.9 Å². The number of hydrogen-bond acceptors (Lipinski definition) is 13. The minimum atomic E-state index is -0.819. The second-order valence-electron chi connectivity index (χ2n) is 19.9. The van der Waals surface area contributed by atoms with Crippen molar-refractivity contribution >= 4 is 46.1 Å². The predicted molar refractivity (Wildman–Crippen MR) is 275 cm³/mol. The number of fused-ring (bicyclic) bond motifs is 16. The Kier molecular flexibility index (Phi) is 22.9. The number of Topliss-reactive ketones (excluding diaryl/α,β-unsaturated/α-hetero) is 2. The van der Waals surface area contributed by atoms with Crippen molar-refractivity contribution in [3.8, 4) is 0 Å². The molecule has 2 bridgehead atoms. The van der Waals surface area contributed by atoms with E-state index in [0.29, 0.717) is 77.8 Å². The molecule has 4 amide bonds. The third-order valence-electron chi connectivity index (χ3n) is 13.8. The normalized spacial score (nSPS) is 21.3. The number of primary amides is 1. The molecule has 0 saturated carbocycles. The second kappa shape index (κ2) is 28.7. The van der Waals surface area contributed by atoms with Crippen LogP contribution in [0.5, 0.6) is 0 Å². The highest BCUT2D eigenvalue weighted by atomic mass is 16.2. The summed E-state index contributed by atoms with van der Waals surface area (Å²) in [6.45, 7) is 14.1. The minimum absolute atomic E-state index is 0.0620. The lowest BCUT2D eigenvalue weighted by atomic mass is 9.87. The van der Waals surface area contributed by atoms with Crippen molar-refractivity contribution in [1.82, 2.24) is 52.8 Å². The van der Waals surface area contributed by atoms with Crippen LogP contribution in [0.25, 0.3) is 10.9 Å². The zero-order valence-corrected chi connectivity index (χ0v) is 41.9. The van der Waals surface area contributed by atoms with Crippen molar-refractivity contribution in [2.45, 2.75) is 109 Å². The van der Waals surface area contributed by atoms with Crippen molar-refractivity contribution in [2.24, 2.45) is 29.2 Å². The van der Waals surface area contributed by atoms with Crippen LogP contribution in [0.2, 0.25) is 0 Å². The number of aromatic amines is 1. The summed E-state index contributed by atoms with van der Waals surface area (Å²) in [7, 11) is 0. The molecule has 386 valence electrons. The smallest absolute Gasteiger partial charge is 0.223 e. The number of hydrogen-bond donors (Lipinski definition) is 12. The van der Waals surface area contributed by atoms with Gasteiger partial charge < -0.3 is 64.3 Å². The third-order valence-corrected chi connectivity index (χ3v) is 13.8. The molecule has 3 aliphatic heterocycles. The molecule has 3 fully saturated rings. The molecular formula is C52H82N12O6. The summed E-state index contributed by atoms with van der Waals surface area (Å²) in [6.07, 6.45) is 4.82. The van der Waals surface area contributed by atoms with Crippen molar-refractivity contribution in [2.75, 3.05) is 78.5 Å². The van der Waals surface area contributed by atoms with Gasteiger partial charge in [-0.25, -0.2) is 0 Å². The lowest BCUT2D eigenvalue weighted by Crippen LogP contribution is -2.67. The number of carbonyl (C=O) groups is 6. The molecule has 3 aromatic rings. The van der Waals surface area contributed by atoms with Crippen molar-refractivity contribution < 1.29 is 28.8 Å². The van der Waals surface area contributed by atoms with Crippen LogP contribution in [0.3, 0.4) is 0 Å². The Balaban J connectivity index is 1.06. The maximum absolute atomic E-state index is 13.9. The average Bonchev–Trinajstić information content (AvgIpc) is 3.75. The lowest BCUT2D eigenvalue weighted by Gasteiger charge is -2.37. The van der Waals surface area contributed by atoms with Gasteiger partial charge in [-0.3, -0.25) is 28.8 Å². The van der Waals surface area contributed by atoms with Gasteiger partial charge in [0.1, 0.15) is 5.78 Å². The molecule has 70 heavy (non-hydrogen) atoms. The number of H-pyrrole nitrogens is 1. The molecule has 3 aliphatic rings. The highest BCUT2D eigenvalue weighted by Crippen LogP contribution is 2.23. The number of rotatable bonds is 23. The summed E-state index contributed by atoms with van der Waals surface area (Å²) in [5.74, 6) is -2.86. The summed E-state index contributed by atoms with van der Waals surface area (Å²) in [5, 5.41) is 31.4. The zero-order valence-electron chi connectivity index (χ0n) is 41.9. The Morgan fingerprint density at radius 2 is 1.30 bits per heavy atom. The van der Waals surface area contributed by atoms with Gasteiger partial charge >= 0.3 is 0 Å². The van der Waals surface area contributed by atoms with E-state index in [-0.39, 0.29) is 67.4 Å². The number of amides is 4. The fourth-order valence-corrected chi connectivity index (χ4v) is 9.21. The average molecular weight is 971 g/mol. The van der Waals surface area contributed by atoms with Crippen molar-refractivity contribution in [3.05, 3.63) is 71.4 Å². The van der Waals surface area contributed by atoms with Gasteiger partial charge in [0.25, 0.3) is 0 Å². The highest BCUT2D eigenvalue weighted by molar-refractivity contribution is 5.93. The Labute approximate surface area is 414 Å². The van der Waals surface area contributed by atoms with Gasteiger partial charge in [0.05, 0.1) is 17.1 Å². The molecule has 4 atom stereocenters. The van der Waals surface area contributed by atoms with Gasteiger partial charge in [0.2, 0.25) is 23.6 Å². The Bertz CT molecular complexity index is 2100. The van der Waals surface area contributed by atoms with Crippen LogP contribution < -0.4 is 59.3 Å². The molecule has 18 nitrogen and oxygen atoms in total. The number of ketones is 2. The standard InChI is InChI=1S/C52H82N12O6/c1-4-36(2)48(63-49(69)37(3)26-41-29-61-44-10-6-5-9-43(41)44)45(66)27-40(17-19-46(53)67)50(70)62-28-39-14-12-38(13-15-39)16-18-42(65)8-7-11-47(68)64-52-33-58-23-20-55-30-51(54,31-56-21-24-59-34-52)32-57-22-25-60-35-52/h5-6,9-10,12-15,29,36-37,40,48,55-61H,4,7-8,11,16-28,30-35,54H2,1-3H3,(H2,53,67)(H,62,70)(H,63,69)(H,64,68)/t36?,37-,40+,48-,51?,52?/m0/s1. The van der Waals surface area contributed by atoms with Gasteiger partial charge in [-0.15, -0.1) is 0 Å². The van der Waals surface area contributed by atoms with Crippen LogP contribution in [0.15, 0.2) is 54.7 Å². The van der Waals surface area contributed by atoms with E-state index in [2.05, 4.69) is 52.8 Å². The molecule has 2 aromatic carbocycles. The molecule has 1 unspecified atom stereocenters. The van der Waals surface area contributed by atoms with Gasteiger partial charge in [0.15, 0.2) is 5.78 Å². The maximum atomic E-state index is 13.9. The fourth-order valence-electron chi connectivity index (χ4n) is 9.21. The molecule has 0 aliphatic carbocycles. The molecule has 4 heterocycles. The molecule has 18 heteroatoms. The molecular weight excluding hydrogens is 889 g/mol. The highest BCUT2D eigenvalue weighted by Gasteiger charge is 2.34. The van der Waals surface area contributed by atoms with Gasteiger partial charge in [0, 0.05) is 146 Å². The SMILES string of the molecule is CCC(C)[C@H](NC(=O)[C@@H](C)Cc1c[nH]c2ccccc12)C(=O)C[C@@H](CCC(N)=O)C(=O)NCc1ccc(CCC(=O)CCCC(=O)NC23CNCCNCC(N)(CNCCNC2)CNCCNC3)cc1. The van der Waals surface area contributed by atoms with Crippen molar-refractivity contribution in [3.63, 3.8) is 0 Å². The minimum Gasteiger partial charge on any atom is -0.370 e. The first-order valence-electron chi connectivity index (χ1n) is 25.6. The first-order valence-corrected chi connectivity index (χ1v) is 25.6. The van der Waals surface area contributed by atoms with E-state index in [4.69, 9.17) is 11.5 Å². The molecule has 1 aromatic heterocycles. The third kappa shape index (κ3) is 18.6. The Morgan fingerprint density at radius 3 is 1.90 bits per heavy atom. The summed E-state index contributed by atoms with van der Waals surface area (Å²) in [4.78, 5) is 82.5. The number of benzene rings is 2. The summed E-state index contributed by atoms with van der Waals surface area (Å²) in [6, 6.07) is 14.7. The lowest BCUT2D eigenvalue weighted by molar-refractivity contribution is -0.134. The van der Waals surface area contributed by atoms with Gasteiger partial charge in [-0.05, 0) is 54.4 Å². The molecule has 6 rings (SSSR count). The van der Waals surface area contributed by atoms with E-state index in [1.165, 1.54) is 0 Å². The largest absolute Gasteiger partial charge is 0.370 e. The first-order chi connectivity index (χ1) is 33.7. The van der Waals surface area contributed by atoms with Gasteiger partial charge in [-0.2, -0.15) is 0 Å². The van der Waals surface area contributed by atoms with E-state index in [1.807, 2.05) is 75.5 Å². The van der Waals surface area contributed by atoms with Crippen LogP contribution >= 0.6 is 0 Å². The van der Waals surface area contributed by atoms with Crippen LogP contribution in [-0.2, 0) is 48.2 Å². The van der Waals surface area contributed by atoms with Crippen LogP contribution in [0, 0.1) is 17.8 Å². The number of nitrogens with two attached hydrogens (primary N) is 2. The molecule has 0 radical (unpaired) electrons. The second-order valence-corrected chi connectivity index (χ2v) is 19.9. The predicted octanol–water partition coefficient (Wildman–Crippen LogP) is 0.824. The Morgan fingerprint density at radius 1 is 0.714 bits per heavy atom. The fraction of sp³-hybridized carbons (Fsp3) is 0.615. The van der Waals surface area contributed by atoms with Crippen LogP contribution in [-0.4, -0.2) is 136 Å². The van der Waals surface area contributed by atoms with E-state index in [9.17, 15) is 28.8 Å². The van der Waals surface area contributed by atoms with E-state index in [0.717, 1.165) is 66.9 Å². The van der Waals surface area contributed by atoms with Gasteiger partial charge in [-0.1, -0.05) is 69.7 Å². The summed E-state index contributed by atoms with van der Waals surface area (Å²) >= 11 is 0. The Hall–Kier alpha value is -5.08. The van der Waals surface area contributed by atoms with E-state index >= 15 is 0 Å². The number of aromatic nitrogens is 1. The summed E-state index contributed by atoms with van der Waals surface area (Å²) in [5.41, 5.74) is 15.0. The molecule has 14 N–H and O–H groups in total. The quantitative estimate of drug-likeness (QED) is 0.0629. The van der Waals surface area contributed by atoms with E-state index in [1.54, 1.807) is 0 Å². The molecule has 0 spiro atoms. The van der Waals surface area contributed by atoms with Crippen LogP contribution in [0.4, 0.5) is 0 Å². The monoisotopic (exact) mass is 971 g/mol. The maximum Gasteiger partial charge on any atom is 0.223 e.